The Kier molecular flexibility index (Phi) is 4.29. The number of carbonyl (C=O) groups is 1. The molecule has 0 aromatic heterocycles. The SMILES string of the molecule is C[C@H](N[C@@H](C)c1ccc2c(c1)CCCC2)C(=O)NC1CC1. The van der Waals surface area contributed by atoms with Gasteiger partial charge >= 0.3 is 0 Å². The molecule has 0 radical (unpaired) electrons. The number of fused-ring (bicyclic) bond motifs is 1. The predicted molar refractivity (Wildman–Crippen MR) is 85.3 cm³/mol. The van der Waals surface area contributed by atoms with Crippen LogP contribution in [0.25, 0.3) is 0 Å². The van der Waals surface area contributed by atoms with Gasteiger partial charge in [-0.3, -0.25) is 10.1 Å². The standard InChI is InChI=1S/C18H26N2O/c1-12(19-13(2)18(21)20-17-9-10-17)15-8-7-14-5-3-4-6-16(14)11-15/h7-8,11-13,17,19H,3-6,9-10H2,1-2H3,(H,20,21)/t12-,13-/m0/s1. The summed E-state index contributed by atoms with van der Waals surface area (Å²) in [4.78, 5) is 12.0. The van der Waals surface area contributed by atoms with E-state index in [2.05, 4.69) is 35.8 Å². The molecule has 21 heavy (non-hydrogen) atoms. The summed E-state index contributed by atoms with van der Waals surface area (Å²) in [5.74, 6) is 0.127. The second kappa shape index (κ2) is 6.18. The lowest BCUT2D eigenvalue weighted by molar-refractivity contribution is -0.123. The van der Waals surface area contributed by atoms with Crippen molar-refractivity contribution in [2.45, 2.75) is 70.5 Å². The van der Waals surface area contributed by atoms with E-state index in [1.165, 1.54) is 42.4 Å². The van der Waals surface area contributed by atoms with Crippen LogP contribution < -0.4 is 10.6 Å². The molecule has 3 rings (SSSR count). The van der Waals surface area contributed by atoms with Gasteiger partial charge in [0.05, 0.1) is 6.04 Å². The minimum atomic E-state index is -0.142. The Labute approximate surface area is 127 Å². The number of carbonyl (C=O) groups excluding carboxylic acids is 1. The number of aryl methyl sites for hydroxylation is 2. The Bertz CT molecular complexity index is 522. The van der Waals surface area contributed by atoms with Gasteiger partial charge in [-0.1, -0.05) is 18.2 Å². The summed E-state index contributed by atoms with van der Waals surface area (Å²) in [6.07, 6.45) is 7.32. The van der Waals surface area contributed by atoms with Gasteiger partial charge in [-0.25, -0.2) is 0 Å². The molecule has 0 saturated heterocycles. The molecule has 3 nitrogen and oxygen atoms in total. The highest BCUT2D eigenvalue weighted by atomic mass is 16.2. The fourth-order valence-electron chi connectivity index (χ4n) is 3.12. The van der Waals surface area contributed by atoms with Gasteiger partial charge in [-0.15, -0.1) is 0 Å². The van der Waals surface area contributed by atoms with Gasteiger partial charge in [0.1, 0.15) is 0 Å². The third-order valence-corrected chi connectivity index (χ3v) is 4.69. The molecule has 2 N–H and O–H groups in total. The zero-order valence-corrected chi connectivity index (χ0v) is 13.1. The fourth-order valence-corrected chi connectivity index (χ4v) is 3.12. The van der Waals surface area contributed by atoms with Crippen molar-refractivity contribution in [3.05, 3.63) is 34.9 Å². The molecule has 1 aromatic carbocycles. The maximum atomic E-state index is 12.0. The maximum Gasteiger partial charge on any atom is 0.237 e. The third-order valence-electron chi connectivity index (χ3n) is 4.69. The second-order valence-electron chi connectivity index (χ2n) is 6.63. The van der Waals surface area contributed by atoms with E-state index in [-0.39, 0.29) is 18.0 Å². The first-order valence-electron chi connectivity index (χ1n) is 8.31. The lowest BCUT2D eigenvalue weighted by Gasteiger charge is -2.22. The van der Waals surface area contributed by atoms with Crippen molar-refractivity contribution in [1.29, 1.82) is 0 Å². The molecule has 1 fully saturated rings. The lowest BCUT2D eigenvalue weighted by atomic mass is 9.89. The first kappa shape index (κ1) is 14.6. The smallest absolute Gasteiger partial charge is 0.237 e. The van der Waals surface area contributed by atoms with Gasteiger partial charge in [-0.05, 0) is 69.1 Å². The van der Waals surface area contributed by atoms with E-state index in [0.29, 0.717) is 6.04 Å². The largest absolute Gasteiger partial charge is 0.352 e. The number of hydrogen-bond donors (Lipinski definition) is 2. The quantitative estimate of drug-likeness (QED) is 0.874. The summed E-state index contributed by atoms with van der Waals surface area (Å²) >= 11 is 0. The van der Waals surface area contributed by atoms with Crippen LogP contribution in [-0.2, 0) is 17.6 Å². The van der Waals surface area contributed by atoms with Crippen LogP contribution in [0.15, 0.2) is 18.2 Å². The van der Waals surface area contributed by atoms with Crippen LogP contribution in [0.3, 0.4) is 0 Å². The summed E-state index contributed by atoms with van der Waals surface area (Å²) in [7, 11) is 0. The molecule has 0 unspecified atom stereocenters. The number of benzene rings is 1. The van der Waals surface area contributed by atoms with Gasteiger partial charge < -0.3 is 5.32 Å². The van der Waals surface area contributed by atoms with Crippen molar-refractivity contribution >= 4 is 5.91 Å². The molecule has 0 spiro atoms. The number of nitrogens with one attached hydrogen (secondary N) is 2. The zero-order chi connectivity index (χ0) is 14.8. The van der Waals surface area contributed by atoms with Crippen LogP contribution in [0.5, 0.6) is 0 Å². The van der Waals surface area contributed by atoms with E-state index >= 15 is 0 Å². The van der Waals surface area contributed by atoms with Crippen molar-refractivity contribution in [2.75, 3.05) is 0 Å². The number of hydrogen-bond acceptors (Lipinski definition) is 2. The monoisotopic (exact) mass is 286 g/mol. The Balaban J connectivity index is 1.61. The van der Waals surface area contributed by atoms with Crippen molar-refractivity contribution in [1.82, 2.24) is 10.6 Å². The van der Waals surface area contributed by atoms with Crippen LogP contribution in [0.1, 0.15) is 62.3 Å². The topological polar surface area (TPSA) is 41.1 Å². The Morgan fingerprint density at radius 1 is 1.14 bits per heavy atom. The first-order chi connectivity index (χ1) is 10.1. The van der Waals surface area contributed by atoms with Gasteiger partial charge in [0.25, 0.3) is 0 Å². The molecule has 114 valence electrons. The van der Waals surface area contributed by atoms with Crippen molar-refractivity contribution in [2.24, 2.45) is 0 Å². The molecule has 2 atom stereocenters. The first-order valence-corrected chi connectivity index (χ1v) is 8.31. The number of amides is 1. The van der Waals surface area contributed by atoms with Crippen LogP contribution in [-0.4, -0.2) is 18.0 Å². The molecule has 3 heteroatoms. The van der Waals surface area contributed by atoms with Gasteiger partial charge in [0.2, 0.25) is 5.91 Å². The molecule has 0 heterocycles. The molecule has 0 aliphatic heterocycles. The van der Waals surface area contributed by atoms with E-state index in [4.69, 9.17) is 0 Å². The second-order valence-corrected chi connectivity index (χ2v) is 6.63. The minimum Gasteiger partial charge on any atom is -0.352 e. The zero-order valence-electron chi connectivity index (χ0n) is 13.1. The summed E-state index contributed by atoms with van der Waals surface area (Å²) in [6.45, 7) is 4.10. The van der Waals surface area contributed by atoms with Gasteiger partial charge in [-0.2, -0.15) is 0 Å². The summed E-state index contributed by atoms with van der Waals surface area (Å²) in [5.41, 5.74) is 4.31. The highest BCUT2D eigenvalue weighted by Crippen LogP contribution is 2.25. The Morgan fingerprint density at radius 2 is 1.86 bits per heavy atom. The van der Waals surface area contributed by atoms with Crippen LogP contribution in [0, 0.1) is 0 Å². The summed E-state index contributed by atoms with van der Waals surface area (Å²) in [6, 6.07) is 7.32. The van der Waals surface area contributed by atoms with E-state index < -0.39 is 0 Å². The van der Waals surface area contributed by atoms with Crippen LogP contribution in [0.4, 0.5) is 0 Å². The highest BCUT2D eigenvalue weighted by Gasteiger charge is 2.26. The van der Waals surface area contributed by atoms with E-state index in [9.17, 15) is 4.79 Å². The van der Waals surface area contributed by atoms with Crippen LogP contribution >= 0.6 is 0 Å². The molecule has 1 aromatic rings. The van der Waals surface area contributed by atoms with Crippen LogP contribution in [0.2, 0.25) is 0 Å². The van der Waals surface area contributed by atoms with Crippen molar-refractivity contribution in [3.63, 3.8) is 0 Å². The number of rotatable bonds is 5. The lowest BCUT2D eigenvalue weighted by Crippen LogP contribution is -2.43. The molecular formula is C18H26N2O. The molecule has 0 bridgehead atoms. The fraction of sp³-hybridized carbons (Fsp3) is 0.611. The highest BCUT2D eigenvalue weighted by molar-refractivity contribution is 5.81. The molecule has 2 aliphatic carbocycles. The summed E-state index contributed by atoms with van der Waals surface area (Å²) in [5, 5.41) is 6.48. The predicted octanol–water partition coefficient (Wildman–Crippen LogP) is 2.88. The van der Waals surface area contributed by atoms with Crippen molar-refractivity contribution in [3.8, 4) is 0 Å². The van der Waals surface area contributed by atoms with Crippen molar-refractivity contribution < 1.29 is 4.79 Å². The molecule has 1 saturated carbocycles. The molecule has 2 aliphatic rings. The Morgan fingerprint density at radius 3 is 2.57 bits per heavy atom. The summed E-state index contributed by atoms with van der Waals surface area (Å²) < 4.78 is 0. The Hall–Kier alpha value is -1.35. The average molecular weight is 286 g/mol. The third kappa shape index (κ3) is 3.65. The van der Waals surface area contributed by atoms with Gasteiger partial charge in [0.15, 0.2) is 0 Å². The molecular weight excluding hydrogens is 260 g/mol. The van der Waals surface area contributed by atoms with E-state index in [0.717, 1.165) is 12.8 Å². The normalized spacial score (nSPS) is 20.5. The minimum absolute atomic E-state index is 0.127. The maximum absolute atomic E-state index is 12.0. The molecule has 1 amide bonds. The van der Waals surface area contributed by atoms with Gasteiger partial charge in [0, 0.05) is 12.1 Å². The van der Waals surface area contributed by atoms with E-state index in [1.54, 1.807) is 0 Å². The average Bonchev–Trinajstić information content (AvgIpc) is 3.30. The van der Waals surface area contributed by atoms with E-state index in [1.807, 2.05) is 6.92 Å².